The van der Waals surface area contributed by atoms with Gasteiger partial charge in [0.25, 0.3) is 11.8 Å². The van der Waals surface area contributed by atoms with Crippen molar-refractivity contribution in [3.05, 3.63) is 77.1 Å². The highest BCUT2D eigenvalue weighted by Gasteiger charge is 2.27. The van der Waals surface area contributed by atoms with Gasteiger partial charge in [-0.2, -0.15) is 5.10 Å². The molecular formula is C28H36N8O3. The molecule has 11 heteroatoms. The summed E-state index contributed by atoms with van der Waals surface area (Å²) in [6.45, 7) is 7.30. The smallest absolute Gasteiger partial charge is 0.256 e. The number of carbonyl (C=O) groups excluding carboxylic acids is 3. The van der Waals surface area contributed by atoms with Crippen LogP contribution >= 0.6 is 0 Å². The number of carbonyl (C=O) groups is 3. The molecule has 39 heavy (non-hydrogen) atoms. The second-order valence-corrected chi connectivity index (χ2v) is 9.58. The number of likely N-dealkylation sites (N-methyl/N-ethyl adjacent to an activating group) is 2. The number of hydrogen-bond donors (Lipinski definition) is 3. The summed E-state index contributed by atoms with van der Waals surface area (Å²) in [7, 11) is 1.77. The highest BCUT2D eigenvalue weighted by Crippen LogP contribution is 2.25. The zero-order valence-corrected chi connectivity index (χ0v) is 22.7. The van der Waals surface area contributed by atoms with Crippen LogP contribution in [0.1, 0.15) is 34.0 Å². The zero-order chi connectivity index (χ0) is 27.9. The molecule has 0 saturated heterocycles. The van der Waals surface area contributed by atoms with E-state index in [2.05, 4.69) is 27.9 Å². The fourth-order valence-corrected chi connectivity index (χ4v) is 4.60. The summed E-state index contributed by atoms with van der Waals surface area (Å²) >= 11 is 0. The topological polar surface area (TPSA) is 129 Å². The van der Waals surface area contributed by atoms with Crippen molar-refractivity contribution < 1.29 is 14.4 Å². The Bertz CT molecular complexity index is 1310. The SMILES string of the molecule is CCNCCNC(=O)CN(CC(=O)N(C)N1Cc2ccccc2C1)c1ccc(-n2cc(C(N)=O)cn2)cc1C. The van der Waals surface area contributed by atoms with E-state index in [0.29, 0.717) is 31.7 Å². The van der Waals surface area contributed by atoms with Gasteiger partial charge < -0.3 is 21.3 Å². The maximum Gasteiger partial charge on any atom is 0.256 e. The molecule has 0 aliphatic carbocycles. The Balaban J connectivity index is 1.51. The number of aromatic nitrogens is 2. The van der Waals surface area contributed by atoms with Crippen LogP contribution in [-0.2, 0) is 22.7 Å². The van der Waals surface area contributed by atoms with Gasteiger partial charge in [0, 0.05) is 45.1 Å². The lowest BCUT2D eigenvalue weighted by atomic mass is 10.1. The van der Waals surface area contributed by atoms with E-state index in [4.69, 9.17) is 5.73 Å². The molecule has 3 amide bonds. The van der Waals surface area contributed by atoms with Crippen molar-refractivity contribution >= 4 is 23.4 Å². The van der Waals surface area contributed by atoms with Gasteiger partial charge in [-0.3, -0.25) is 19.4 Å². The first-order valence-electron chi connectivity index (χ1n) is 13.0. The molecule has 0 bridgehead atoms. The predicted molar refractivity (Wildman–Crippen MR) is 149 cm³/mol. The standard InChI is InChI=1S/C28H36N8O3/c1-4-30-11-12-31-26(37)18-34(19-27(38)33(3)35-15-21-7-5-6-8-22(21)16-35)25-10-9-24(13-20(25)2)36-17-23(14-32-36)28(29)39/h5-10,13-14,17,30H,4,11-12,15-16,18-19H2,1-3H3,(H2,29,39)(H,31,37). The van der Waals surface area contributed by atoms with Gasteiger partial charge in [-0.05, 0) is 48.4 Å². The van der Waals surface area contributed by atoms with E-state index in [9.17, 15) is 14.4 Å². The first kappa shape index (κ1) is 27.8. The molecule has 206 valence electrons. The van der Waals surface area contributed by atoms with Crippen LogP contribution in [-0.4, -0.2) is 77.3 Å². The molecule has 0 atom stereocenters. The third-order valence-electron chi connectivity index (χ3n) is 6.80. The van der Waals surface area contributed by atoms with E-state index in [1.54, 1.807) is 27.8 Å². The van der Waals surface area contributed by atoms with Crippen molar-refractivity contribution in [3.63, 3.8) is 0 Å². The summed E-state index contributed by atoms with van der Waals surface area (Å²) in [5.41, 5.74) is 10.4. The van der Waals surface area contributed by atoms with E-state index in [1.807, 2.05) is 49.2 Å². The highest BCUT2D eigenvalue weighted by molar-refractivity contribution is 5.92. The van der Waals surface area contributed by atoms with Gasteiger partial charge in [-0.1, -0.05) is 31.2 Å². The number of nitrogens with zero attached hydrogens (tertiary/aromatic N) is 5. The van der Waals surface area contributed by atoms with Crippen molar-refractivity contribution in [1.29, 1.82) is 0 Å². The Morgan fingerprint density at radius 3 is 2.38 bits per heavy atom. The average molecular weight is 533 g/mol. The predicted octanol–water partition coefficient (Wildman–Crippen LogP) is 1.20. The van der Waals surface area contributed by atoms with Crippen LogP contribution in [0.2, 0.25) is 0 Å². The summed E-state index contributed by atoms with van der Waals surface area (Å²) in [5.74, 6) is -0.840. The number of nitrogens with one attached hydrogen (secondary N) is 2. The Morgan fingerprint density at radius 1 is 1.05 bits per heavy atom. The molecule has 1 aliphatic heterocycles. The van der Waals surface area contributed by atoms with E-state index >= 15 is 0 Å². The maximum atomic E-state index is 13.5. The molecule has 3 aromatic rings. The minimum Gasteiger partial charge on any atom is -0.366 e. The Morgan fingerprint density at radius 2 is 1.77 bits per heavy atom. The molecule has 1 aliphatic rings. The van der Waals surface area contributed by atoms with Crippen molar-refractivity contribution in [1.82, 2.24) is 30.4 Å². The third kappa shape index (κ3) is 6.81. The van der Waals surface area contributed by atoms with Gasteiger partial charge >= 0.3 is 0 Å². The van der Waals surface area contributed by atoms with Crippen LogP contribution in [0.5, 0.6) is 0 Å². The van der Waals surface area contributed by atoms with Crippen LogP contribution in [0.4, 0.5) is 5.69 Å². The summed E-state index contributed by atoms with van der Waals surface area (Å²) in [6, 6.07) is 13.8. The summed E-state index contributed by atoms with van der Waals surface area (Å²) in [6.07, 6.45) is 2.99. The molecule has 4 N–H and O–H groups in total. The number of fused-ring (bicyclic) bond motifs is 1. The van der Waals surface area contributed by atoms with Gasteiger partial charge in [0.05, 0.1) is 30.5 Å². The number of anilines is 1. The normalized spacial score (nSPS) is 12.7. The number of amides is 3. The molecule has 0 fully saturated rings. The molecule has 11 nitrogen and oxygen atoms in total. The number of hydrogen-bond acceptors (Lipinski definition) is 7. The summed E-state index contributed by atoms with van der Waals surface area (Å²) < 4.78 is 1.57. The molecule has 0 radical (unpaired) electrons. The first-order valence-corrected chi connectivity index (χ1v) is 13.0. The maximum absolute atomic E-state index is 13.5. The van der Waals surface area contributed by atoms with Crippen LogP contribution in [0.15, 0.2) is 54.9 Å². The fraction of sp³-hybridized carbons (Fsp3) is 0.357. The molecule has 0 saturated carbocycles. The van der Waals surface area contributed by atoms with Crippen LogP contribution in [0, 0.1) is 6.92 Å². The molecule has 0 spiro atoms. The Labute approximate surface area is 228 Å². The van der Waals surface area contributed by atoms with E-state index in [-0.39, 0.29) is 24.9 Å². The molecule has 2 aromatic carbocycles. The molecule has 0 unspecified atom stereocenters. The quantitative estimate of drug-likeness (QED) is 0.299. The Hall–Kier alpha value is -4.22. The Kier molecular flexibility index (Phi) is 8.95. The van der Waals surface area contributed by atoms with Gasteiger partial charge in [-0.15, -0.1) is 0 Å². The number of hydrazine groups is 1. The van der Waals surface area contributed by atoms with E-state index in [1.165, 1.54) is 17.3 Å². The number of aryl methyl sites for hydroxylation is 1. The second kappa shape index (κ2) is 12.5. The first-order chi connectivity index (χ1) is 18.8. The van der Waals surface area contributed by atoms with Crippen molar-refractivity contribution in [3.8, 4) is 5.69 Å². The summed E-state index contributed by atoms with van der Waals surface area (Å²) in [5, 5.41) is 14.0. The van der Waals surface area contributed by atoms with Crippen LogP contribution in [0.3, 0.4) is 0 Å². The zero-order valence-electron chi connectivity index (χ0n) is 22.7. The van der Waals surface area contributed by atoms with Crippen molar-refractivity contribution in [2.45, 2.75) is 26.9 Å². The number of rotatable bonds is 12. The average Bonchev–Trinajstić information content (AvgIpc) is 3.58. The van der Waals surface area contributed by atoms with Gasteiger partial charge in [0.15, 0.2) is 0 Å². The monoisotopic (exact) mass is 532 g/mol. The number of primary amides is 1. The molecule has 2 heterocycles. The van der Waals surface area contributed by atoms with Crippen LogP contribution < -0.4 is 21.3 Å². The van der Waals surface area contributed by atoms with E-state index in [0.717, 1.165) is 23.5 Å². The molecule has 4 rings (SSSR count). The molecule has 1 aromatic heterocycles. The van der Waals surface area contributed by atoms with Gasteiger partial charge in [0.1, 0.15) is 0 Å². The minimum absolute atomic E-state index is 0.0256. The van der Waals surface area contributed by atoms with Gasteiger partial charge in [-0.25, -0.2) is 9.69 Å². The van der Waals surface area contributed by atoms with E-state index < -0.39 is 5.91 Å². The fourth-order valence-electron chi connectivity index (χ4n) is 4.60. The highest BCUT2D eigenvalue weighted by atomic mass is 16.2. The minimum atomic E-state index is -0.551. The second-order valence-electron chi connectivity index (χ2n) is 9.58. The third-order valence-corrected chi connectivity index (χ3v) is 6.80. The molecular weight excluding hydrogens is 496 g/mol. The van der Waals surface area contributed by atoms with Gasteiger partial charge in [0.2, 0.25) is 5.91 Å². The van der Waals surface area contributed by atoms with Crippen LogP contribution in [0.25, 0.3) is 5.69 Å². The van der Waals surface area contributed by atoms with Crippen molar-refractivity contribution in [2.24, 2.45) is 5.73 Å². The van der Waals surface area contributed by atoms with Crippen molar-refractivity contribution in [2.75, 3.05) is 44.7 Å². The lowest BCUT2D eigenvalue weighted by Gasteiger charge is -2.32. The number of benzene rings is 2. The lowest BCUT2D eigenvalue weighted by molar-refractivity contribution is -0.145. The largest absolute Gasteiger partial charge is 0.366 e. The lowest BCUT2D eigenvalue weighted by Crippen LogP contribution is -2.48. The number of nitrogens with two attached hydrogens (primary N) is 1. The summed E-state index contributed by atoms with van der Waals surface area (Å²) in [4.78, 5) is 39.6.